The van der Waals surface area contributed by atoms with E-state index < -0.39 is 10.0 Å². The molecule has 1 aromatic rings. The van der Waals surface area contributed by atoms with Gasteiger partial charge in [-0.15, -0.1) is 11.3 Å². The molecule has 2 unspecified atom stereocenters. The first-order valence-electron chi connectivity index (χ1n) is 7.67. The average molecular weight is 345 g/mol. The Labute approximate surface area is 136 Å². The van der Waals surface area contributed by atoms with Crippen molar-refractivity contribution in [1.82, 2.24) is 9.62 Å². The van der Waals surface area contributed by atoms with Crippen LogP contribution in [0.5, 0.6) is 0 Å². The van der Waals surface area contributed by atoms with Crippen LogP contribution in [0.15, 0.2) is 17.5 Å². The van der Waals surface area contributed by atoms with Crippen LogP contribution in [0.4, 0.5) is 0 Å². The molecular formula is C15H24N2O3S2. The first kappa shape index (κ1) is 17.4. The van der Waals surface area contributed by atoms with Crippen LogP contribution in [0.2, 0.25) is 0 Å². The zero-order valence-electron chi connectivity index (χ0n) is 13.1. The summed E-state index contributed by atoms with van der Waals surface area (Å²) in [7, 11) is -3.17. The van der Waals surface area contributed by atoms with Crippen LogP contribution in [0, 0.1) is 0 Å². The summed E-state index contributed by atoms with van der Waals surface area (Å²) in [4.78, 5) is 15.8. The summed E-state index contributed by atoms with van der Waals surface area (Å²) in [6.07, 6.45) is 4.92. The van der Waals surface area contributed by atoms with Crippen LogP contribution in [-0.4, -0.2) is 44.6 Å². The molecule has 124 valence electrons. The highest BCUT2D eigenvalue weighted by molar-refractivity contribution is 7.88. The van der Waals surface area contributed by atoms with Crippen molar-refractivity contribution in [2.24, 2.45) is 0 Å². The van der Waals surface area contributed by atoms with E-state index in [0.717, 1.165) is 36.9 Å². The lowest BCUT2D eigenvalue weighted by Crippen LogP contribution is -2.46. The Morgan fingerprint density at radius 2 is 2.27 bits per heavy atom. The van der Waals surface area contributed by atoms with Gasteiger partial charge in [0.15, 0.2) is 0 Å². The van der Waals surface area contributed by atoms with Crippen LogP contribution >= 0.6 is 11.3 Å². The molecule has 2 rings (SSSR count). The second kappa shape index (κ2) is 7.57. The topological polar surface area (TPSA) is 66.5 Å². The quantitative estimate of drug-likeness (QED) is 0.860. The van der Waals surface area contributed by atoms with Gasteiger partial charge in [-0.3, -0.25) is 4.79 Å². The van der Waals surface area contributed by atoms with Gasteiger partial charge in [-0.25, -0.2) is 13.1 Å². The van der Waals surface area contributed by atoms with E-state index in [2.05, 4.69) is 4.72 Å². The number of sulfonamides is 1. The summed E-state index contributed by atoms with van der Waals surface area (Å²) >= 11 is 1.61. The zero-order chi connectivity index (χ0) is 16.2. The predicted molar refractivity (Wildman–Crippen MR) is 89.5 cm³/mol. The number of thiophene rings is 1. The number of nitrogens with one attached hydrogen (secondary N) is 1. The maximum absolute atomic E-state index is 12.8. The van der Waals surface area contributed by atoms with Crippen molar-refractivity contribution in [3.05, 3.63) is 22.4 Å². The van der Waals surface area contributed by atoms with Crippen LogP contribution < -0.4 is 4.72 Å². The van der Waals surface area contributed by atoms with E-state index in [1.165, 1.54) is 0 Å². The minimum atomic E-state index is -3.17. The van der Waals surface area contributed by atoms with Crippen LogP contribution in [-0.2, 0) is 14.8 Å². The largest absolute Gasteiger partial charge is 0.339 e. The fourth-order valence-corrected chi connectivity index (χ4v) is 4.17. The van der Waals surface area contributed by atoms with Gasteiger partial charge in [0.25, 0.3) is 0 Å². The number of carbonyl (C=O) groups excluding carboxylic acids is 1. The minimum absolute atomic E-state index is 0.122. The van der Waals surface area contributed by atoms with Crippen molar-refractivity contribution >= 4 is 27.3 Å². The molecule has 0 saturated carbocycles. The summed E-state index contributed by atoms with van der Waals surface area (Å²) < 4.78 is 24.8. The van der Waals surface area contributed by atoms with Crippen LogP contribution in [0.25, 0.3) is 0 Å². The zero-order valence-corrected chi connectivity index (χ0v) is 14.8. The fraction of sp³-hybridized carbons (Fsp3) is 0.667. The van der Waals surface area contributed by atoms with Crippen LogP contribution in [0.1, 0.15) is 43.4 Å². The van der Waals surface area contributed by atoms with Gasteiger partial charge in [0, 0.05) is 24.0 Å². The molecule has 1 amide bonds. The van der Waals surface area contributed by atoms with Crippen LogP contribution in [0.3, 0.4) is 0 Å². The molecule has 1 N–H and O–H groups in total. The van der Waals surface area contributed by atoms with Crippen molar-refractivity contribution in [2.45, 2.75) is 44.6 Å². The summed E-state index contributed by atoms with van der Waals surface area (Å²) in [5.74, 6) is 0.0370. The molecule has 5 nitrogen and oxygen atoms in total. The molecule has 1 aromatic heterocycles. The lowest BCUT2D eigenvalue weighted by molar-refractivity contribution is -0.136. The Morgan fingerprint density at radius 1 is 1.50 bits per heavy atom. The Kier molecular flexibility index (Phi) is 6.00. The Balaban J connectivity index is 1.98. The minimum Gasteiger partial charge on any atom is -0.339 e. The molecule has 1 fully saturated rings. The highest BCUT2D eigenvalue weighted by Gasteiger charge is 2.30. The molecule has 1 aliphatic rings. The number of nitrogens with zero attached hydrogens (tertiary/aromatic N) is 1. The summed E-state index contributed by atoms with van der Waals surface area (Å²) in [6.45, 7) is 3.12. The second-order valence-electron chi connectivity index (χ2n) is 5.87. The van der Waals surface area contributed by atoms with E-state index in [0.29, 0.717) is 13.0 Å². The van der Waals surface area contributed by atoms with Gasteiger partial charge in [0.05, 0.1) is 12.2 Å². The number of rotatable bonds is 6. The molecule has 1 saturated heterocycles. The van der Waals surface area contributed by atoms with E-state index in [-0.39, 0.29) is 17.9 Å². The van der Waals surface area contributed by atoms with Gasteiger partial charge in [-0.1, -0.05) is 6.07 Å². The van der Waals surface area contributed by atoms with Crippen molar-refractivity contribution in [1.29, 1.82) is 0 Å². The first-order valence-corrected chi connectivity index (χ1v) is 10.4. The van der Waals surface area contributed by atoms with Crippen molar-refractivity contribution in [2.75, 3.05) is 19.3 Å². The molecule has 0 aliphatic carbocycles. The smallest absolute Gasteiger partial charge is 0.230 e. The Bertz CT molecular complexity index is 584. The number of piperidine rings is 1. The predicted octanol–water partition coefficient (Wildman–Crippen LogP) is 2.17. The molecule has 22 heavy (non-hydrogen) atoms. The average Bonchev–Trinajstić information content (AvgIpc) is 2.99. The number of hydrogen-bond acceptors (Lipinski definition) is 4. The van der Waals surface area contributed by atoms with E-state index in [9.17, 15) is 13.2 Å². The number of likely N-dealkylation sites (tertiary alicyclic amines) is 1. The summed E-state index contributed by atoms with van der Waals surface area (Å²) in [5, 5.41) is 1.99. The molecule has 0 bridgehead atoms. The van der Waals surface area contributed by atoms with Gasteiger partial charge >= 0.3 is 0 Å². The van der Waals surface area contributed by atoms with Crippen molar-refractivity contribution in [3.8, 4) is 0 Å². The fourth-order valence-electron chi connectivity index (χ4n) is 2.91. The summed E-state index contributed by atoms with van der Waals surface area (Å²) in [5.41, 5.74) is 0. The Morgan fingerprint density at radius 3 is 2.91 bits per heavy atom. The maximum atomic E-state index is 12.8. The maximum Gasteiger partial charge on any atom is 0.230 e. The highest BCUT2D eigenvalue weighted by Crippen LogP contribution is 2.27. The van der Waals surface area contributed by atoms with Crippen molar-refractivity contribution < 1.29 is 13.2 Å². The number of amides is 1. The Hall–Kier alpha value is -0.920. The molecule has 2 atom stereocenters. The lowest BCUT2D eigenvalue weighted by atomic mass is 9.97. The standard InChI is InChI=1S/C15H24N2O3S2/c1-12(14-7-5-11-21-14)15(18)17-10-4-3-6-13(17)8-9-16-22(2,19)20/h5,7,11-13,16H,3-4,6,8-10H2,1-2H3. The van der Waals surface area contributed by atoms with E-state index in [1.54, 1.807) is 11.3 Å². The highest BCUT2D eigenvalue weighted by atomic mass is 32.2. The first-order chi connectivity index (χ1) is 10.4. The third-order valence-corrected chi connectivity index (χ3v) is 5.88. The third kappa shape index (κ3) is 4.79. The molecule has 7 heteroatoms. The normalized spacial score (nSPS) is 20.8. The van der Waals surface area contributed by atoms with Gasteiger partial charge in [-0.2, -0.15) is 0 Å². The number of carbonyl (C=O) groups is 1. The molecular weight excluding hydrogens is 320 g/mol. The van der Waals surface area contributed by atoms with Gasteiger partial charge in [-0.05, 0) is 44.1 Å². The molecule has 0 aromatic carbocycles. The summed E-state index contributed by atoms with van der Waals surface area (Å²) in [6, 6.07) is 4.10. The van der Waals surface area contributed by atoms with Crippen molar-refractivity contribution in [3.63, 3.8) is 0 Å². The third-order valence-electron chi connectivity index (χ3n) is 4.09. The lowest BCUT2D eigenvalue weighted by Gasteiger charge is -2.37. The SMILES string of the molecule is CC(C(=O)N1CCCCC1CCNS(C)(=O)=O)c1cccs1. The molecule has 2 heterocycles. The monoisotopic (exact) mass is 344 g/mol. The molecule has 0 radical (unpaired) electrons. The van der Waals surface area contributed by atoms with Gasteiger partial charge < -0.3 is 4.90 Å². The van der Waals surface area contributed by atoms with Gasteiger partial charge in [0.2, 0.25) is 15.9 Å². The molecule has 0 spiro atoms. The molecule has 1 aliphatic heterocycles. The number of hydrogen-bond donors (Lipinski definition) is 1. The van der Waals surface area contributed by atoms with E-state index in [4.69, 9.17) is 0 Å². The van der Waals surface area contributed by atoms with E-state index in [1.807, 2.05) is 29.3 Å². The second-order valence-corrected chi connectivity index (χ2v) is 8.69. The van der Waals surface area contributed by atoms with E-state index >= 15 is 0 Å². The van der Waals surface area contributed by atoms with Gasteiger partial charge in [0.1, 0.15) is 0 Å².